The lowest BCUT2D eigenvalue weighted by Crippen LogP contribution is -2.32. The molecule has 7 heteroatoms. The van der Waals surface area contributed by atoms with Crippen LogP contribution in [0.2, 0.25) is 0 Å². The second-order valence-corrected chi connectivity index (χ2v) is 10.5. The fraction of sp³-hybridized carbons (Fsp3) is 0.577. The zero-order valence-corrected chi connectivity index (χ0v) is 20.7. The number of carbonyl (C=O) groups is 1. The number of thioether (sulfide) groups is 1. The Morgan fingerprint density at radius 2 is 1.88 bits per heavy atom. The third kappa shape index (κ3) is 7.18. The van der Waals surface area contributed by atoms with Crippen LogP contribution in [0.4, 0.5) is 0 Å². The number of amides is 1. The molecule has 1 N–H and O–H groups in total. The van der Waals surface area contributed by atoms with Gasteiger partial charge in [-0.2, -0.15) is 0 Å². The highest BCUT2D eigenvalue weighted by atomic mass is 32.2. The first kappa shape index (κ1) is 24.0. The fourth-order valence-electron chi connectivity index (χ4n) is 4.60. The Bertz CT molecular complexity index is 920. The lowest BCUT2D eigenvalue weighted by Gasteiger charge is -2.26. The number of likely N-dealkylation sites (tertiary alicyclic amines) is 1. The van der Waals surface area contributed by atoms with Gasteiger partial charge in [0.05, 0.1) is 18.3 Å². The van der Waals surface area contributed by atoms with Crippen molar-refractivity contribution in [1.82, 2.24) is 25.0 Å². The molecule has 0 spiro atoms. The van der Waals surface area contributed by atoms with Gasteiger partial charge >= 0.3 is 0 Å². The molecular formula is C26H37N5OS. The molecule has 1 unspecified atom stereocenters. The molecular weight excluding hydrogens is 430 g/mol. The van der Waals surface area contributed by atoms with E-state index in [1.165, 1.54) is 67.8 Å². The number of aromatic nitrogens is 3. The third-order valence-corrected chi connectivity index (χ3v) is 7.65. The molecule has 1 amide bonds. The Hall–Kier alpha value is -2.12. The molecule has 0 radical (unpaired) electrons. The number of rotatable bonds is 10. The van der Waals surface area contributed by atoms with Crippen LogP contribution >= 0.6 is 11.8 Å². The van der Waals surface area contributed by atoms with Crippen LogP contribution in [-0.2, 0) is 17.9 Å². The van der Waals surface area contributed by atoms with Gasteiger partial charge in [-0.05, 0) is 70.5 Å². The summed E-state index contributed by atoms with van der Waals surface area (Å²) in [6.45, 7) is 6.46. The summed E-state index contributed by atoms with van der Waals surface area (Å²) in [6.07, 6.45) is 12.1. The van der Waals surface area contributed by atoms with Gasteiger partial charge in [-0.25, -0.2) is 0 Å². The number of hydrogen-bond donors (Lipinski definition) is 1. The van der Waals surface area contributed by atoms with Gasteiger partial charge in [-0.15, -0.1) is 10.2 Å². The molecule has 2 heterocycles. The Labute approximate surface area is 202 Å². The van der Waals surface area contributed by atoms with Gasteiger partial charge in [0.25, 0.3) is 0 Å². The quantitative estimate of drug-likeness (QED) is 0.402. The van der Waals surface area contributed by atoms with Gasteiger partial charge in [-0.1, -0.05) is 60.2 Å². The summed E-state index contributed by atoms with van der Waals surface area (Å²) in [4.78, 5) is 15.2. The van der Waals surface area contributed by atoms with Crippen molar-refractivity contribution in [3.63, 3.8) is 0 Å². The number of carbonyl (C=O) groups excluding carboxylic acids is 1. The van der Waals surface area contributed by atoms with Gasteiger partial charge in [0.15, 0.2) is 5.16 Å². The minimum absolute atomic E-state index is 0.0725. The first-order chi connectivity index (χ1) is 16.2. The van der Waals surface area contributed by atoms with Crippen molar-refractivity contribution in [2.24, 2.45) is 0 Å². The lowest BCUT2D eigenvalue weighted by atomic mass is 9.97. The van der Waals surface area contributed by atoms with E-state index in [2.05, 4.69) is 55.3 Å². The van der Waals surface area contributed by atoms with Gasteiger partial charge in [0.1, 0.15) is 5.82 Å². The second-order valence-electron chi connectivity index (χ2n) is 9.22. The van der Waals surface area contributed by atoms with Crippen molar-refractivity contribution in [3.8, 4) is 0 Å². The predicted molar refractivity (Wildman–Crippen MR) is 134 cm³/mol. The van der Waals surface area contributed by atoms with E-state index in [0.29, 0.717) is 6.54 Å². The van der Waals surface area contributed by atoms with Crippen LogP contribution in [-0.4, -0.2) is 50.5 Å². The van der Waals surface area contributed by atoms with Crippen LogP contribution in [0.5, 0.6) is 0 Å². The Balaban J connectivity index is 1.39. The van der Waals surface area contributed by atoms with E-state index in [1.54, 1.807) is 0 Å². The van der Waals surface area contributed by atoms with E-state index in [-0.39, 0.29) is 11.2 Å². The van der Waals surface area contributed by atoms with Gasteiger partial charge in [0.2, 0.25) is 5.91 Å². The van der Waals surface area contributed by atoms with Crippen molar-refractivity contribution < 1.29 is 4.79 Å². The zero-order chi connectivity index (χ0) is 22.9. The van der Waals surface area contributed by atoms with Crippen molar-refractivity contribution in [3.05, 3.63) is 53.4 Å². The van der Waals surface area contributed by atoms with Crippen LogP contribution in [0.15, 0.2) is 47.1 Å². The zero-order valence-electron chi connectivity index (χ0n) is 19.8. The molecule has 0 bridgehead atoms. The maximum Gasteiger partial charge on any atom is 0.233 e. The van der Waals surface area contributed by atoms with Gasteiger partial charge in [0, 0.05) is 6.54 Å². The molecule has 1 aromatic heterocycles. The van der Waals surface area contributed by atoms with Crippen LogP contribution in [0, 0.1) is 0 Å². The van der Waals surface area contributed by atoms with Crippen LogP contribution in [0.25, 0.3) is 0 Å². The number of nitrogens with one attached hydrogen (secondary N) is 1. The molecule has 1 atom stereocenters. The van der Waals surface area contributed by atoms with Crippen molar-refractivity contribution >= 4 is 17.7 Å². The molecule has 2 aromatic rings. The first-order valence-corrected chi connectivity index (χ1v) is 13.4. The lowest BCUT2D eigenvalue weighted by molar-refractivity contribution is -0.120. The average molecular weight is 468 g/mol. The Kier molecular flexibility index (Phi) is 9.01. The molecule has 1 aromatic carbocycles. The highest BCUT2D eigenvalue weighted by Gasteiger charge is 2.22. The number of piperidine rings is 1. The Morgan fingerprint density at radius 3 is 2.64 bits per heavy atom. The number of allylic oxidation sites excluding steroid dienone is 1. The topological polar surface area (TPSA) is 63.1 Å². The monoisotopic (exact) mass is 467 g/mol. The maximum atomic E-state index is 12.8. The normalized spacial score (nSPS) is 18.0. The smallest absolute Gasteiger partial charge is 0.233 e. The van der Waals surface area contributed by atoms with Crippen molar-refractivity contribution in [2.75, 3.05) is 19.6 Å². The van der Waals surface area contributed by atoms with E-state index >= 15 is 0 Å². The maximum absolute atomic E-state index is 12.8. The first-order valence-electron chi connectivity index (χ1n) is 12.5. The molecule has 6 nitrogen and oxygen atoms in total. The standard InChI is InChI=1S/C26H37N5OS/c1-21(25(32)27-16-15-22-11-5-2-6-12-22)33-26-29-28-24(20-30-17-9-4-10-18-30)31(26)19-23-13-7-3-8-14-23/h3,7-8,11,13-14,21H,2,4-6,9-10,12,15-20H2,1H3,(H,27,32). The molecule has 1 aliphatic carbocycles. The molecule has 1 saturated heterocycles. The van der Waals surface area contributed by atoms with Gasteiger partial charge in [-0.3, -0.25) is 9.69 Å². The highest BCUT2D eigenvalue weighted by Crippen LogP contribution is 2.25. The molecule has 33 heavy (non-hydrogen) atoms. The molecule has 178 valence electrons. The SMILES string of the molecule is CC(Sc1nnc(CN2CCCCC2)n1Cc1ccccc1)C(=O)NCCC1=CCCCC1. The summed E-state index contributed by atoms with van der Waals surface area (Å²) in [6, 6.07) is 10.4. The summed E-state index contributed by atoms with van der Waals surface area (Å²) in [5, 5.41) is 12.8. The summed E-state index contributed by atoms with van der Waals surface area (Å²) in [5.41, 5.74) is 2.71. The molecule has 4 rings (SSSR count). The molecule has 1 aliphatic heterocycles. The second kappa shape index (κ2) is 12.4. The number of nitrogens with zero attached hydrogens (tertiary/aromatic N) is 4. The minimum atomic E-state index is -0.216. The van der Waals surface area contributed by atoms with Crippen molar-refractivity contribution in [2.45, 2.75) is 81.8 Å². The summed E-state index contributed by atoms with van der Waals surface area (Å²) in [5.74, 6) is 1.06. The average Bonchev–Trinajstić information content (AvgIpc) is 3.21. The van der Waals surface area contributed by atoms with Crippen molar-refractivity contribution in [1.29, 1.82) is 0 Å². The highest BCUT2D eigenvalue weighted by molar-refractivity contribution is 8.00. The largest absolute Gasteiger partial charge is 0.355 e. The summed E-state index contributed by atoms with van der Waals surface area (Å²) >= 11 is 1.51. The van der Waals surface area contributed by atoms with Gasteiger partial charge < -0.3 is 9.88 Å². The third-order valence-electron chi connectivity index (χ3n) is 6.57. The van der Waals surface area contributed by atoms with E-state index in [1.807, 2.05) is 13.0 Å². The minimum Gasteiger partial charge on any atom is -0.355 e. The van der Waals surface area contributed by atoms with Crippen LogP contribution in [0.1, 0.15) is 69.7 Å². The van der Waals surface area contributed by atoms with E-state index in [0.717, 1.165) is 43.6 Å². The number of benzene rings is 1. The van der Waals surface area contributed by atoms with E-state index < -0.39 is 0 Å². The summed E-state index contributed by atoms with van der Waals surface area (Å²) < 4.78 is 2.20. The van der Waals surface area contributed by atoms with Crippen LogP contribution in [0.3, 0.4) is 0 Å². The van der Waals surface area contributed by atoms with E-state index in [4.69, 9.17) is 0 Å². The molecule has 1 fully saturated rings. The predicted octanol–water partition coefficient (Wildman–Crippen LogP) is 4.80. The van der Waals surface area contributed by atoms with E-state index in [9.17, 15) is 4.79 Å². The van der Waals surface area contributed by atoms with Crippen LogP contribution < -0.4 is 5.32 Å². The molecule has 0 saturated carbocycles. The summed E-state index contributed by atoms with van der Waals surface area (Å²) in [7, 11) is 0. The molecule has 2 aliphatic rings. The number of hydrogen-bond acceptors (Lipinski definition) is 5. The fourth-order valence-corrected chi connectivity index (χ4v) is 5.49. The Morgan fingerprint density at radius 1 is 1.06 bits per heavy atom.